The first-order valence-corrected chi connectivity index (χ1v) is 12.8. The van der Waals surface area contributed by atoms with Gasteiger partial charge in [0.1, 0.15) is 30.3 Å². The van der Waals surface area contributed by atoms with Crippen LogP contribution in [0.25, 0.3) is 16.6 Å². The Morgan fingerprint density at radius 3 is 2.76 bits per heavy atom. The molecule has 0 radical (unpaired) electrons. The first-order valence-electron chi connectivity index (χ1n) is 12.8. The Bertz CT molecular complexity index is 1370. The molecular formula is C27H30N6O5. The summed E-state index contributed by atoms with van der Waals surface area (Å²) in [6, 6.07) is 8.20. The summed E-state index contributed by atoms with van der Waals surface area (Å²) in [4.78, 5) is 21.5. The van der Waals surface area contributed by atoms with Crippen molar-refractivity contribution >= 4 is 17.4 Å². The number of ether oxygens (including phenoxy) is 3. The van der Waals surface area contributed by atoms with Crippen molar-refractivity contribution < 1.29 is 24.1 Å². The summed E-state index contributed by atoms with van der Waals surface area (Å²) in [6.07, 6.45) is 6.35. The van der Waals surface area contributed by atoms with Gasteiger partial charge in [0.05, 0.1) is 54.4 Å². The van der Waals surface area contributed by atoms with E-state index >= 15 is 0 Å². The zero-order chi connectivity index (χ0) is 26.4. The van der Waals surface area contributed by atoms with Gasteiger partial charge in [-0.05, 0) is 38.5 Å². The third kappa shape index (κ3) is 4.61. The van der Waals surface area contributed by atoms with Crippen molar-refractivity contribution in [1.29, 1.82) is 5.26 Å². The fourth-order valence-corrected chi connectivity index (χ4v) is 5.37. The molecule has 38 heavy (non-hydrogen) atoms. The summed E-state index contributed by atoms with van der Waals surface area (Å²) in [6.45, 7) is 5.98. The number of carbonyl (C=O) groups excluding carboxylic acids is 1. The van der Waals surface area contributed by atoms with Gasteiger partial charge in [-0.1, -0.05) is 0 Å². The maximum atomic E-state index is 12.7. The minimum Gasteiger partial charge on any atom is -0.489 e. The number of piperazine rings is 1. The second-order valence-corrected chi connectivity index (χ2v) is 10.8. The van der Waals surface area contributed by atoms with Gasteiger partial charge in [0.15, 0.2) is 0 Å². The maximum Gasteiger partial charge on any atom is 0.410 e. The summed E-state index contributed by atoms with van der Waals surface area (Å²) in [5.74, 6) is 1.36. The van der Waals surface area contributed by atoms with Crippen LogP contribution in [-0.4, -0.2) is 87.4 Å². The predicted molar refractivity (Wildman–Crippen MR) is 137 cm³/mol. The molecule has 3 aromatic rings. The number of amides is 1. The van der Waals surface area contributed by atoms with E-state index in [2.05, 4.69) is 16.1 Å². The van der Waals surface area contributed by atoms with Crippen molar-refractivity contribution in [2.45, 2.75) is 50.5 Å². The molecule has 1 amide bonds. The molecule has 11 heteroatoms. The van der Waals surface area contributed by atoms with E-state index in [9.17, 15) is 15.2 Å². The molecule has 2 bridgehead atoms. The molecule has 4 aliphatic heterocycles. The molecule has 1 N–H and O–H groups in total. The van der Waals surface area contributed by atoms with Crippen LogP contribution in [-0.2, 0) is 9.47 Å². The van der Waals surface area contributed by atoms with Crippen LogP contribution in [0.4, 0.5) is 10.6 Å². The lowest BCUT2D eigenvalue weighted by Crippen LogP contribution is -2.70. The van der Waals surface area contributed by atoms with Gasteiger partial charge < -0.3 is 24.2 Å². The van der Waals surface area contributed by atoms with Crippen LogP contribution in [0.1, 0.15) is 32.3 Å². The molecule has 2 unspecified atom stereocenters. The van der Waals surface area contributed by atoms with Gasteiger partial charge in [0.2, 0.25) is 0 Å². The first-order chi connectivity index (χ1) is 18.3. The molecular weight excluding hydrogens is 488 g/mol. The van der Waals surface area contributed by atoms with Crippen molar-refractivity contribution in [3.63, 3.8) is 0 Å². The number of hydrogen-bond acceptors (Lipinski definition) is 9. The van der Waals surface area contributed by atoms with E-state index in [1.54, 1.807) is 30.8 Å². The number of fused-ring (bicyclic) bond motifs is 3. The third-order valence-electron chi connectivity index (χ3n) is 7.24. The van der Waals surface area contributed by atoms with Gasteiger partial charge in [-0.15, -0.1) is 0 Å². The lowest BCUT2D eigenvalue weighted by Gasteiger charge is -2.55. The second kappa shape index (κ2) is 9.45. The van der Waals surface area contributed by atoms with Gasteiger partial charge in [-0.2, -0.15) is 10.4 Å². The molecule has 0 spiro atoms. The van der Waals surface area contributed by atoms with Crippen LogP contribution in [0.2, 0.25) is 0 Å². The molecule has 4 saturated heterocycles. The number of nitriles is 1. The van der Waals surface area contributed by atoms with Crippen molar-refractivity contribution in [3.8, 4) is 22.9 Å². The largest absolute Gasteiger partial charge is 0.489 e. The topological polar surface area (TPSA) is 125 Å². The van der Waals surface area contributed by atoms with Crippen LogP contribution >= 0.6 is 0 Å². The Balaban J connectivity index is 1.19. The fourth-order valence-electron chi connectivity index (χ4n) is 5.37. The number of piperidine rings is 1. The molecule has 0 saturated carbocycles. The molecule has 11 nitrogen and oxygen atoms in total. The van der Waals surface area contributed by atoms with E-state index in [0.29, 0.717) is 43.1 Å². The minimum absolute atomic E-state index is 0.109. The summed E-state index contributed by atoms with van der Waals surface area (Å²) in [5.41, 5.74) is 1.70. The number of hydrogen-bond donors (Lipinski definition) is 1. The van der Waals surface area contributed by atoms with E-state index in [0.717, 1.165) is 29.8 Å². The van der Waals surface area contributed by atoms with E-state index in [1.165, 1.54) is 6.20 Å². The number of rotatable bonds is 6. The summed E-state index contributed by atoms with van der Waals surface area (Å²) in [5, 5.41) is 24.0. The number of nitrogens with zero attached hydrogens (tertiary/aromatic N) is 6. The van der Waals surface area contributed by atoms with Crippen molar-refractivity contribution in [2.75, 3.05) is 37.8 Å². The third-order valence-corrected chi connectivity index (χ3v) is 7.24. The monoisotopic (exact) mass is 518 g/mol. The zero-order valence-corrected chi connectivity index (χ0v) is 21.4. The van der Waals surface area contributed by atoms with Crippen LogP contribution in [0, 0.1) is 11.3 Å². The number of pyridine rings is 2. The Kier molecular flexibility index (Phi) is 6.08. The highest BCUT2D eigenvalue weighted by Gasteiger charge is 2.49. The molecule has 4 aliphatic rings. The van der Waals surface area contributed by atoms with Crippen LogP contribution < -0.4 is 9.64 Å². The predicted octanol–water partition coefficient (Wildman–Crippen LogP) is 2.61. The zero-order valence-electron chi connectivity index (χ0n) is 21.4. The van der Waals surface area contributed by atoms with Gasteiger partial charge in [-0.25, -0.2) is 14.3 Å². The number of aromatic nitrogens is 3. The summed E-state index contributed by atoms with van der Waals surface area (Å²) in [7, 11) is 0. The fraction of sp³-hybridized carbons (Fsp3) is 0.481. The van der Waals surface area contributed by atoms with Gasteiger partial charge in [0.25, 0.3) is 0 Å². The van der Waals surface area contributed by atoms with Crippen molar-refractivity contribution in [3.05, 3.63) is 42.4 Å². The lowest BCUT2D eigenvalue weighted by molar-refractivity contribution is -0.0217. The number of carbonyl (C=O) groups is 1. The Morgan fingerprint density at radius 2 is 2.11 bits per heavy atom. The lowest BCUT2D eigenvalue weighted by atomic mass is 9.88. The number of anilines is 1. The Morgan fingerprint density at radius 1 is 1.29 bits per heavy atom. The van der Waals surface area contributed by atoms with Gasteiger partial charge >= 0.3 is 6.09 Å². The van der Waals surface area contributed by atoms with Crippen LogP contribution in [0.5, 0.6) is 5.75 Å². The van der Waals surface area contributed by atoms with Crippen molar-refractivity contribution in [1.82, 2.24) is 19.5 Å². The molecule has 7 heterocycles. The van der Waals surface area contributed by atoms with E-state index in [1.807, 2.05) is 23.1 Å². The molecule has 4 fully saturated rings. The molecule has 198 valence electrons. The number of aliphatic hydroxyl groups is 1. The molecule has 7 rings (SSSR count). The average Bonchev–Trinajstić information content (AvgIpc) is 3.56. The highest BCUT2D eigenvalue weighted by molar-refractivity contribution is 5.85. The highest BCUT2D eigenvalue weighted by atomic mass is 16.6. The minimum atomic E-state index is -0.993. The Hall–Kier alpha value is -3.88. The molecule has 0 aromatic carbocycles. The van der Waals surface area contributed by atoms with E-state index < -0.39 is 5.60 Å². The highest BCUT2D eigenvalue weighted by Crippen LogP contribution is 2.36. The molecule has 0 aliphatic carbocycles. The van der Waals surface area contributed by atoms with E-state index in [-0.39, 0.29) is 30.9 Å². The summed E-state index contributed by atoms with van der Waals surface area (Å²) >= 11 is 0. The quantitative estimate of drug-likeness (QED) is 0.524. The standard InChI is InChI=1S/C27H30N6O5/c1-27(2,35)16-37-22-8-23(25-18(9-28)11-30-32(25)14-22)17-3-4-24(29-10-17)31-12-19-7-20(13-31)33(19)26(34)38-21-5-6-36-15-21/h3-4,8,10-11,14,19-21,35H,5-7,12-13,15-16H2,1-2H3/t19?,20?,21-/m1/s1. The summed E-state index contributed by atoms with van der Waals surface area (Å²) < 4.78 is 18.4. The first kappa shape index (κ1) is 24.5. The molecule has 3 aromatic heterocycles. The van der Waals surface area contributed by atoms with Crippen molar-refractivity contribution in [2.24, 2.45) is 0 Å². The molecule has 3 atom stereocenters. The smallest absolute Gasteiger partial charge is 0.410 e. The Labute approximate surface area is 220 Å². The van der Waals surface area contributed by atoms with Gasteiger partial charge in [-0.3, -0.25) is 4.90 Å². The van der Waals surface area contributed by atoms with E-state index in [4.69, 9.17) is 19.2 Å². The second-order valence-electron chi connectivity index (χ2n) is 10.8. The van der Waals surface area contributed by atoms with Gasteiger partial charge in [0, 0.05) is 36.8 Å². The maximum absolute atomic E-state index is 12.7. The average molecular weight is 519 g/mol. The van der Waals surface area contributed by atoms with Crippen LogP contribution in [0.3, 0.4) is 0 Å². The normalized spacial score (nSPS) is 22.7. The van der Waals surface area contributed by atoms with Crippen LogP contribution in [0.15, 0.2) is 36.8 Å². The SMILES string of the molecule is CC(C)(O)COc1cc(-c2ccc(N3CC4CC(C3)N4C(=O)O[C@@H]3CCOC3)nc2)c2c(C#N)cnn2c1.